The van der Waals surface area contributed by atoms with E-state index in [1.807, 2.05) is 0 Å². The molecule has 2 nitrogen and oxygen atoms in total. The van der Waals surface area contributed by atoms with Crippen molar-refractivity contribution < 1.29 is 10.2 Å². The van der Waals surface area contributed by atoms with Gasteiger partial charge in [0, 0.05) is 0 Å². The van der Waals surface area contributed by atoms with Crippen molar-refractivity contribution in [2.75, 3.05) is 0 Å². The summed E-state index contributed by atoms with van der Waals surface area (Å²) in [6.45, 7) is 4.91. The van der Waals surface area contributed by atoms with E-state index in [2.05, 4.69) is 19.9 Å². The minimum absolute atomic E-state index is 0.170. The summed E-state index contributed by atoms with van der Waals surface area (Å²) in [5.74, 6) is 3.34. The molecule has 0 aliphatic heterocycles. The molecule has 4 aliphatic rings. The second-order valence-corrected chi connectivity index (χ2v) is 8.64. The van der Waals surface area contributed by atoms with Gasteiger partial charge < -0.3 is 10.2 Å². The van der Waals surface area contributed by atoms with E-state index in [0.717, 1.165) is 25.2 Å². The predicted octanol–water partition coefficient (Wildman–Crippen LogP) is 3.53. The molecule has 3 saturated carbocycles. The van der Waals surface area contributed by atoms with Crippen LogP contribution in [-0.4, -0.2) is 22.4 Å². The number of aliphatic hydroxyl groups is 2. The highest BCUT2D eigenvalue weighted by Gasteiger charge is 2.56. The lowest BCUT2D eigenvalue weighted by atomic mass is 9.51. The van der Waals surface area contributed by atoms with Gasteiger partial charge in [-0.2, -0.15) is 0 Å². The standard InChI is InChI=1S/C19H30O2/c1-11-3-6-16-18-15(7-8-19(11,16)2)14-5-4-13(20)9-12(14)10-17(18)21/h10-11,13-18,20-21H,3-9H2,1-2H3/t11-,13-,14-,15?,16?,17?,18?,19+/m0/s1. The molecule has 0 aromatic rings. The molecule has 118 valence electrons. The fraction of sp³-hybridized carbons (Fsp3) is 0.895. The Bertz CT molecular complexity index is 456. The third-order valence-electron chi connectivity index (χ3n) is 7.91. The Hall–Kier alpha value is -0.340. The zero-order chi connectivity index (χ0) is 14.8. The molecule has 2 N–H and O–H groups in total. The van der Waals surface area contributed by atoms with Crippen LogP contribution in [0.3, 0.4) is 0 Å². The van der Waals surface area contributed by atoms with Crippen molar-refractivity contribution in [2.45, 2.75) is 71.0 Å². The van der Waals surface area contributed by atoms with Crippen LogP contribution in [0.4, 0.5) is 0 Å². The first-order chi connectivity index (χ1) is 10.0. The summed E-state index contributed by atoms with van der Waals surface area (Å²) in [6.07, 6.45) is 9.91. The maximum atomic E-state index is 10.8. The van der Waals surface area contributed by atoms with Crippen LogP contribution in [0.15, 0.2) is 11.6 Å². The van der Waals surface area contributed by atoms with Gasteiger partial charge in [-0.25, -0.2) is 0 Å². The van der Waals surface area contributed by atoms with Gasteiger partial charge in [0.05, 0.1) is 12.2 Å². The summed E-state index contributed by atoms with van der Waals surface area (Å²) in [6, 6.07) is 0. The number of hydrogen-bond acceptors (Lipinski definition) is 2. The fourth-order valence-corrected chi connectivity index (χ4v) is 6.54. The van der Waals surface area contributed by atoms with Gasteiger partial charge in [-0.05, 0) is 80.0 Å². The Kier molecular flexibility index (Phi) is 3.28. The first-order valence-corrected chi connectivity index (χ1v) is 9.07. The van der Waals surface area contributed by atoms with Crippen molar-refractivity contribution >= 4 is 0 Å². The summed E-state index contributed by atoms with van der Waals surface area (Å²) >= 11 is 0. The van der Waals surface area contributed by atoms with Crippen LogP contribution in [0.1, 0.15) is 58.8 Å². The van der Waals surface area contributed by atoms with Crippen molar-refractivity contribution in [2.24, 2.45) is 35.0 Å². The second kappa shape index (κ2) is 4.83. The molecule has 2 heteroatoms. The monoisotopic (exact) mass is 290 g/mol. The Labute approximate surface area is 128 Å². The topological polar surface area (TPSA) is 40.5 Å². The average molecular weight is 290 g/mol. The quantitative estimate of drug-likeness (QED) is 0.670. The largest absolute Gasteiger partial charge is 0.393 e. The van der Waals surface area contributed by atoms with E-state index >= 15 is 0 Å². The molecule has 3 fully saturated rings. The molecule has 4 rings (SSSR count). The lowest BCUT2D eigenvalue weighted by Crippen LogP contribution is -2.50. The van der Waals surface area contributed by atoms with Gasteiger partial charge >= 0.3 is 0 Å². The Morgan fingerprint density at radius 3 is 2.71 bits per heavy atom. The maximum absolute atomic E-state index is 10.8. The fourth-order valence-electron chi connectivity index (χ4n) is 6.54. The van der Waals surface area contributed by atoms with Crippen LogP contribution in [0.25, 0.3) is 0 Å². The lowest BCUT2D eigenvalue weighted by molar-refractivity contribution is -0.0647. The summed E-state index contributed by atoms with van der Waals surface area (Å²) < 4.78 is 0. The van der Waals surface area contributed by atoms with Crippen LogP contribution in [0.2, 0.25) is 0 Å². The van der Waals surface area contributed by atoms with Gasteiger partial charge in [0.25, 0.3) is 0 Å². The van der Waals surface area contributed by atoms with Crippen molar-refractivity contribution in [3.63, 3.8) is 0 Å². The molecule has 0 aromatic carbocycles. The number of hydrogen-bond donors (Lipinski definition) is 2. The van der Waals surface area contributed by atoms with Gasteiger partial charge in [-0.3, -0.25) is 0 Å². The average Bonchev–Trinajstić information content (AvgIpc) is 2.74. The second-order valence-electron chi connectivity index (χ2n) is 8.64. The third kappa shape index (κ3) is 1.98. The molecule has 0 radical (unpaired) electrons. The van der Waals surface area contributed by atoms with Crippen LogP contribution >= 0.6 is 0 Å². The van der Waals surface area contributed by atoms with Crippen LogP contribution in [0, 0.1) is 35.0 Å². The molecule has 4 aliphatic carbocycles. The third-order valence-corrected chi connectivity index (χ3v) is 7.91. The van der Waals surface area contributed by atoms with Crippen molar-refractivity contribution in [3.8, 4) is 0 Å². The minimum Gasteiger partial charge on any atom is -0.393 e. The minimum atomic E-state index is -0.263. The molecule has 0 amide bonds. The summed E-state index contributed by atoms with van der Waals surface area (Å²) in [5, 5.41) is 20.8. The Morgan fingerprint density at radius 2 is 1.90 bits per heavy atom. The van der Waals surface area contributed by atoms with E-state index in [1.54, 1.807) is 0 Å². The zero-order valence-electron chi connectivity index (χ0n) is 13.5. The van der Waals surface area contributed by atoms with Gasteiger partial charge in [0.1, 0.15) is 0 Å². The van der Waals surface area contributed by atoms with Crippen molar-refractivity contribution in [1.29, 1.82) is 0 Å². The molecule has 8 atom stereocenters. The van der Waals surface area contributed by atoms with E-state index in [1.165, 1.54) is 31.3 Å². The number of rotatable bonds is 0. The van der Waals surface area contributed by atoms with Gasteiger partial charge in [0.15, 0.2) is 0 Å². The molecule has 0 bridgehead atoms. The lowest BCUT2D eigenvalue weighted by Gasteiger charge is -2.54. The van der Waals surface area contributed by atoms with Crippen LogP contribution in [0.5, 0.6) is 0 Å². The van der Waals surface area contributed by atoms with Gasteiger partial charge in [-0.15, -0.1) is 0 Å². The van der Waals surface area contributed by atoms with Crippen LogP contribution in [-0.2, 0) is 0 Å². The van der Waals surface area contributed by atoms with Crippen LogP contribution < -0.4 is 0 Å². The van der Waals surface area contributed by atoms with Crippen molar-refractivity contribution in [3.05, 3.63) is 11.6 Å². The number of fused-ring (bicyclic) bond motifs is 5. The highest BCUT2D eigenvalue weighted by Crippen LogP contribution is 2.63. The van der Waals surface area contributed by atoms with Gasteiger partial charge in [-0.1, -0.05) is 25.5 Å². The molecule has 0 aromatic heterocycles. The molecule has 21 heavy (non-hydrogen) atoms. The van der Waals surface area contributed by atoms with E-state index in [9.17, 15) is 10.2 Å². The Balaban J connectivity index is 1.67. The Morgan fingerprint density at radius 1 is 1.10 bits per heavy atom. The molecule has 0 saturated heterocycles. The van der Waals surface area contributed by atoms with Gasteiger partial charge in [0.2, 0.25) is 0 Å². The number of aliphatic hydroxyl groups excluding tert-OH is 2. The van der Waals surface area contributed by atoms with E-state index < -0.39 is 0 Å². The van der Waals surface area contributed by atoms with E-state index in [0.29, 0.717) is 29.1 Å². The molecule has 4 unspecified atom stereocenters. The van der Waals surface area contributed by atoms with E-state index in [4.69, 9.17) is 0 Å². The maximum Gasteiger partial charge on any atom is 0.0757 e. The molecular weight excluding hydrogens is 260 g/mol. The molecule has 0 spiro atoms. The normalized spacial score (nSPS) is 56.2. The smallest absolute Gasteiger partial charge is 0.0757 e. The van der Waals surface area contributed by atoms with Crippen molar-refractivity contribution in [1.82, 2.24) is 0 Å². The first kappa shape index (κ1) is 14.3. The summed E-state index contributed by atoms with van der Waals surface area (Å²) in [4.78, 5) is 0. The molecular formula is C19H30O2. The summed E-state index contributed by atoms with van der Waals surface area (Å²) in [5.41, 5.74) is 1.83. The predicted molar refractivity (Wildman–Crippen MR) is 83.6 cm³/mol. The first-order valence-electron chi connectivity index (χ1n) is 9.07. The highest BCUT2D eigenvalue weighted by molar-refractivity contribution is 5.22. The summed E-state index contributed by atoms with van der Waals surface area (Å²) in [7, 11) is 0. The zero-order valence-corrected chi connectivity index (χ0v) is 13.5. The highest BCUT2D eigenvalue weighted by atomic mass is 16.3. The SMILES string of the molecule is C[C@H]1CCC2C3C(O)C=C4C[C@@H](O)CC[C@@H]4C3CC[C@@]21C. The van der Waals surface area contributed by atoms with E-state index in [-0.39, 0.29) is 12.2 Å². The molecule has 0 heterocycles.